The molecule has 1 saturated carbocycles. The molecule has 1 aliphatic rings. The maximum absolute atomic E-state index is 13.9. The fourth-order valence-electron chi connectivity index (χ4n) is 5.00. The molecule has 0 saturated heterocycles. The summed E-state index contributed by atoms with van der Waals surface area (Å²) in [6.07, 6.45) is -2.87. The van der Waals surface area contributed by atoms with Gasteiger partial charge in [0.2, 0.25) is 5.91 Å². The van der Waals surface area contributed by atoms with Crippen LogP contribution in [-0.2, 0) is 33.6 Å². The van der Waals surface area contributed by atoms with Crippen molar-refractivity contribution in [2.45, 2.75) is 72.0 Å². The second kappa shape index (κ2) is 13.3. The third-order valence-corrected chi connectivity index (χ3v) is 9.20. The number of carbonyl (C=O) groups is 1. The van der Waals surface area contributed by atoms with Crippen molar-refractivity contribution in [1.82, 2.24) is 14.5 Å². The SMILES string of the molecule is C.CCc1c(C2CC2)nc([C@@H](C)N(CCS(=O)(=O)CC)C(=O)Cc2ccc(F)c(C(F)(F)F)c2)n1-c1ccc(C#N)cc1. The molecule has 1 amide bonds. The fraction of sp³-hybridized carbons (Fsp3) is 0.452. The molecule has 43 heavy (non-hydrogen) atoms. The summed E-state index contributed by atoms with van der Waals surface area (Å²) in [6.45, 7) is 4.99. The molecule has 4 rings (SSSR count). The highest BCUT2D eigenvalue weighted by molar-refractivity contribution is 7.91. The van der Waals surface area contributed by atoms with Crippen molar-refractivity contribution in [2.24, 2.45) is 0 Å². The van der Waals surface area contributed by atoms with Crippen molar-refractivity contribution in [3.63, 3.8) is 0 Å². The van der Waals surface area contributed by atoms with Gasteiger partial charge in [0.1, 0.15) is 11.6 Å². The van der Waals surface area contributed by atoms with E-state index in [2.05, 4.69) is 6.07 Å². The zero-order valence-electron chi connectivity index (χ0n) is 23.6. The number of hydrogen-bond donors (Lipinski definition) is 0. The number of rotatable bonds is 11. The van der Waals surface area contributed by atoms with E-state index >= 15 is 0 Å². The number of nitrogens with zero attached hydrogens (tertiary/aromatic N) is 4. The number of aromatic nitrogens is 2. The molecule has 0 aliphatic heterocycles. The lowest BCUT2D eigenvalue weighted by molar-refractivity contribution is -0.140. The Morgan fingerprint density at radius 1 is 1.16 bits per heavy atom. The first-order valence-electron chi connectivity index (χ1n) is 13.8. The number of benzene rings is 2. The van der Waals surface area contributed by atoms with E-state index < -0.39 is 45.8 Å². The summed E-state index contributed by atoms with van der Waals surface area (Å²) in [7, 11) is -3.50. The van der Waals surface area contributed by atoms with Gasteiger partial charge in [-0.05, 0) is 68.1 Å². The van der Waals surface area contributed by atoms with Gasteiger partial charge in [-0.25, -0.2) is 17.8 Å². The van der Waals surface area contributed by atoms with E-state index in [1.165, 1.54) is 11.8 Å². The first kappa shape index (κ1) is 33.8. The van der Waals surface area contributed by atoms with Crippen molar-refractivity contribution in [1.29, 1.82) is 5.26 Å². The van der Waals surface area contributed by atoms with Crippen molar-refractivity contribution in [2.75, 3.05) is 18.1 Å². The highest BCUT2D eigenvalue weighted by Gasteiger charge is 2.36. The maximum atomic E-state index is 13.9. The van der Waals surface area contributed by atoms with Crippen LogP contribution in [-0.4, -0.2) is 46.8 Å². The van der Waals surface area contributed by atoms with E-state index in [9.17, 15) is 36.0 Å². The van der Waals surface area contributed by atoms with E-state index in [1.54, 1.807) is 31.2 Å². The molecular weight excluding hydrogens is 584 g/mol. The van der Waals surface area contributed by atoms with Crippen molar-refractivity contribution in [3.05, 3.63) is 82.2 Å². The van der Waals surface area contributed by atoms with Gasteiger partial charge in [0.15, 0.2) is 9.84 Å². The van der Waals surface area contributed by atoms with Crippen LogP contribution in [0.4, 0.5) is 17.6 Å². The van der Waals surface area contributed by atoms with E-state index in [-0.39, 0.29) is 37.0 Å². The molecule has 0 spiro atoms. The second-order valence-electron chi connectivity index (χ2n) is 10.4. The topological polar surface area (TPSA) is 96.1 Å². The summed E-state index contributed by atoms with van der Waals surface area (Å²) in [5.74, 6) is -1.80. The van der Waals surface area contributed by atoms with Crippen LogP contribution in [0.15, 0.2) is 42.5 Å². The van der Waals surface area contributed by atoms with E-state index in [4.69, 9.17) is 4.98 Å². The molecule has 0 bridgehead atoms. The van der Waals surface area contributed by atoms with Crippen LogP contribution >= 0.6 is 0 Å². The Hall–Kier alpha value is -3.72. The van der Waals surface area contributed by atoms with Gasteiger partial charge in [-0.1, -0.05) is 27.3 Å². The van der Waals surface area contributed by atoms with Gasteiger partial charge in [-0.3, -0.25) is 9.36 Å². The quantitative estimate of drug-likeness (QED) is 0.227. The molecule has 3 aromatic rings. The van der Waals surface area contributed by atoms with Crippen LogP contribution in [0.25, 0.3) is 5.69 Å². The minimum absolute atomic E-state index is 0. The van der Waals surface area contributed by atoms with Gasteiger partial charge >= 0.3 is 6.18 Å². The largest absolute Gasteiger partial charge is 0.419 e. The Bertz CT molecular complexity index is 1610. The van der Waals surface area contributed by atoms with Crippen LogP contribution in [0, 0.1) is 17.1 Å². The van der Waals surface area contributed by atoms with E-state index in [0.717, 1.165) is 30.3 Å². The highest BCUT2D eigenvalue weighted by Crippen LogP contribution is 2.43. The van der Waals surface area contributed by atoms with Crippen LogP contribution in [0.5, 0.6) is 0 Å². The number of alkyl halides is 3. The van der Waals surface area contributed by atoms with Gasteiger partial charge < -0.3 is 4.90 Å². The number of carbonyl (C=O) groups excluding carboxylic acids is 1. The zero-order valence-corrected chi connectivity index (χ0v) is 24.4. The molecule has 0 N–H and O–H groups in total. The van der Waals surface area contributed by atoms with Gasteiger partial charge in [0, 0.05) is 29.6 Å². The first-order chi connectivity index (χ1) is 19.8. The van der Waals surface area contributed by atoms with Gasteiger partial charge in [-0.2, -0.15) is 18.4 Å². The normalized spacial score (nSPS) is 14.1. The van der Waals surface area contributed by atoms with Crippen molar-refractivity contribution < 1.29 is 30.8 Å². The number of amides is 1. The van der Waals surface area contributed by atoms with Crippen LogP contribution in [0.1, 0.15) is 86.9 Å². The zero-order chi connectivity index (χ0) is 30.8. The molecule has 1 aliphatic carbocycles. The summed E-state index contributed by atoms with van der Waals surface area (Å²) in [6, 6.07) is 10.6. The smallest absolute Gasteiger partial charge is 0.331 e. The van der Waals surface area contributed by atoms with Gasteiger partial charge in [0.05, 0.1) is 41.1 Å². The Kier molecular flexibility index (Phi) is 10.4. The average molecular weight is 621 g/mol. The van der Waals surface area contributed by atoms with E-state index in [1.807, 2.05) is 11.5 Å². The second-order valence-corrected chi connectivity index (χ2v) is 12.9. The van der Waals surface area contributed by atoms with Gasteiger partial charge in [0.25, 0.3) is 0 Å². The molecule has 2 aromatic carbocycles. The number of halogens is 4. The molecule has 1 aromatic heterocycles. The molecule has 1 atom stereocenters. The number of imidazole rings is 1. The molecule has 1 heterocycles. The minimum atomic E-state index is -4.94. The third-order valence-electron chi connectivity index (χ3n) is 7.52. The molecule has 12 heteroatoms. The summed E-state index contributed by atoms with van der Waals surface area (Å²) in [5, 5.41) is 9.26. The lowest BCUT2D eigenvalue weighted by Crippen LogP contribution is -2.39. The summed E-state index contributed by atoms with van der Waals surface area (Å²) in [4.78, 5) is 20.0. The Balaban J connectivity index is 0.00000506. The Labute approximate surface area is 250 Å². The Morgan fingerprint density at radius 3 is 2.35 bits per heavy atom. The standard InChI is InChI=1S/C30H32F4N4O3S.CH4/c1-4-26-28(22-9-10-22)36-29(38(26)23-11-6-20(18-35)7-12-23)19(3)37(14-15-42(40,41)5-2)27(39)17-21-8-13-25(31)24(16-21)30(32,33)34;/h6-8,11-13,16,19,22H,4-5,9-10,14-15,17H2,1-3H3;1H4/t19-;/m1./s1. The highest BCUT2D eigenvalue weighted by atomic mass is 32.2. The molecule has 1 fully saturated rings. The lowest BCUT2D eigenvalue weighted by Gasteiger charge is -2.30. The predicted octanol–water partition coefficient (Wildman–Crippen LogP) is 6.54. The predicted molar refractivity (Wildman–Crippen MR) is 156 cm³/mol. The van der Waals surface area contributed by atoms with Gasteiger partial charge in [-0.15, -0.1) is 0 Å². The molecular formula is C31H36F4N4O3S. The Morgan fingerprint density at radius 2 is 1.81 bits per heavy atom. The third kappa shape index (κ3) is 7.63. The van der Waals surface area contributed by atoms with Crippen molar-refractivity contribution >= 4 is 15.7 Å². The van der Waals surface area contributed by atoms with Crippen molar-refractivity contribution in [3.8, 4) is 11.8 Å². The number of hydrogen-bond acceptors (Lipinski definition) is 5. The lowest BCUT2D eigenvalue weighted by atomic mass is 10.1. The number of sulfone groups is 1. The average Bonchev–Trinajstić information content (AvgIpc) is 3.72. The number of nitriles is 1. The summed E-state index contributed by atoms with van der Waals surface area (Å²) < 4.78 is 80.7. The van der Waals surface area contributed by atoms with Crippen LogP contribution in [0.3, 0.4) is 0 Å². The first-order valence-corrected chi connectivity index (χ1v) is 15.6. The van der Waals surface area contributed by atoms with Crippen LogP contribution < -0.4 is 0 Å². The minimum Gasteiger partial charge on any atom is -0.331 e. The molecule has 232 valence electrons. The van der Waals surface area contributed by atoms with E-state index in [0.29, 0.717) is 35.6 Å². The molecule has 0 radical (unpaired) electrons. The molecule has 7 nitrogen and oxygen atoms in total. The monoisotopic (exact) mass is 620 g/mol. The molecule has 0 unspecified atom stereocenters. The summed E-state index contributed by atoms with van der Waals surface area (Å²) >= 11 is 0. The van der Waals surface area contributed by atoms with Crippen LogP contribution in [0.2, 0.25) is 0 Å². The summed E-state index contributed by atoms with van der Waals surface area (Å²) in [5.41, 5.74) is 1.49. The maximum Gasteiger partial charge on any atom is 0.419 e. The fourth-order valence-corrected chi connectivity index (χ4v) is 5.76.